The van der Waals surface area contributed by atoms with Crippen molar-refractivity contribution < 1.29 is 13.2 Å². The van der Waals surface area contributed by atoms with Crippen LogP contribution in [0.4, 0.5) is 24.9 Å². The third-order valence-corrected chi connectivity index (χ3v) is 4.59. The lowest BCUT2D eigenvalue weighted by molar-refractivity contribution is -0.151. The molecule has 0 aliphatic carbocycles. The van der Waals surface area contributed by atoms with Crippen LogP contribution < -0.4 is 16.4 Å². The molecule has 6 nitrogen and oxygen atoms in total. The van der Waals surface area contributed by atoms with Crippen LogP contribution in [-0.2, 0) is 0 Å². The molecule has 0 radical (unpaired) electrons. The first-order chi connectivity index (χ1) is 12.6. The monoisotopic (exact) mass is 384 g/mol. The van der Waals surface area contributed by atoms with Gasteiger partial charge < -0.3 is 16.4 Å². The van der Waals surface area contributed by atoms with Crippen molar-refractivity contribution in [1.82, 2.24) is 20.3 Å². The van der Waals surface area contributed by atoms with E-state index in [-0.39, 0.29) is 12.5 Å². The highest BCUT2D eigenvalue weighted by atomic mass is 19.4. The first-order valence-corrected chi connectivity index (χ1v) is 9.11. The van der Waals surface area contributed by atoms with Crippen LogP contribution >= 0.6 is 0 Å². The number of anilines is 2. The smallest absolute Gasteiger partial charge is 0.368 e. The Morgan fingerprint density at radius 3 is 2.63 bits per heavy atom. The molecular weight excluding hydrogens is 357 g/mol. The van der Waals surface area contributed by atoms with Crippen molar-refractivity contribution in [3.05, 3.63) is 18.3 Å². The second-order valence-electron chi connectivity index (χ2n) is 7.06. The van der Waals surface area contributed by atoms with E-state index in [1.54, 1.807) is 18.3 Å². The summed E-state index contributed by atoms with van der Waals surface area (Å²) < 4.78 is 38.2. The Balaban J connectivity index is 2.18. The summed E-state index contributed by atoms with van der Waals surface area (Å²) in [7, 11) is 0. The number of fused-ring (bicyclic) bond motifs is 1. The molecule has 0 aliphatic rings. The van der Waals surface area contributed by atoms with Crippen LogP contribution in [-0.4, -0.2) is 39.3 Å². The summed E-state index contributed by atoms with van der Waals surface area (Å²) in [5, 5.41) is 5.92. The molecule has 0 aliphatic heterocycles. The number of pyridine rings is 1. The molecule has 9 heteroatoms. The number of nitrogens with two attached hydrogens (primary N) is 1. The molecule has 27 heavy (non-hydrogen) atoms. The van der Waals surface area contributed by atoms with Gasteiger partial charge in [0, 0.05) is 11.7 Å². The number of nitrogen functional groups attached to an aromatic ring is 1. The summed E-state index contributed by atoms with van der Waals surface area (Å²) in [4.78, 5) is 12.8. The Morgan fingerprint density at radius 2 is 1.96 bits per heavy atom. The van der Waals surface area contributed by atoms with Crippen molar-refractivity contribution in [3.8, 4) is 0 Å². The maximum atomic E-state index is 12.7. The zero-order valence-electron chi connectivity index (χ0n) is 15.9. The number of alkyl halides is 3. The maximum Gasteiger partial charge on any atom is 0.403 e. The molecule has 0 saturated heterocycles. The van der Waals surface area contributed by atoms with E-state index >= 15 is 0 Å². The van der Waals surface area contributed by atoms with Crippen molar-refractivity contribution in [3.63, 3.8) is 0 Å². The molecule has 0 saturated carbocycles. The molecule has 0 unspecified atom stereocenters. The second-order valence-corrected chi connectivity index (χ2v) is 7.06. The zero-order chi connectivity index (χ0) is 20.1. The van der Waals surface area contributed by atoms with E-state index < -0.39 is 17.8 Å². The van der Waals surface area contributed by atoms with Gasteiger partial charge in [0.1, 0.15) is 11.6 Å². The van der Waals surface area contributed by atoms with Crippen molar-refractivity contribution in [2.75, 3.05) is 17.6 Å². The minimum Gasteiger partial charge on any atom is -0.368 e. The predicted octanol–water partition coefficient (Wildman–Crippen LogP) is 3.90. The van der Waals surface area contributed by atoms with Crippen LogP contribution in [0.25, 0.3) is 11.0 Å². The molecule has 4 N–H and O–H groups in total. The largest absolute Gasteiger partial charge is 0.403 e. The van der Waals surface area contributed by atoms with Gasteiger partial charge in [-0.2, -0.15) is 18.2 Å². The highest BCUT2D eigenvalue weighted by molar-refractivity contribution is 5.86. The summed E-state index contributed by atoms with van der Waals surface area (Å²) in [6.45, 7) is 5.40. The van der Waals surface area contributed by atoms with Crippen LogP contribution in [0.15, 0.2) is 18.3 Å². The summed E-state index contributed by atoms with van der Waals surface area (Å²) in [6.07, 6.45) is 0.575. The number of nitrogens with zero attached hydrogens (tertiary/aromatic N) is 3. The Hall–Kier alpha value is -2.16. The molecule has 2 heterocycles. The quantitative estimate of drug-likeness (QED) is 0.608. The number of aromatic nitrogens is 3. The number of rotatable bonds is 9. The molecule has 0 amide bonds. The number of halogens is 3. The minimum atomic E-state index is -4.26. The molecule has 0 aromatic carbocycles. The van der Waals surface area contributed by atoms with Gasteiger partial charge in [0.25, 0.3) is 0 Å². The van der Waals surface area contributed by atoms with Crippen molar-refractivity contribution in [1.29, 1.82) is 0 Å². The van der Waals surface area contributed by atoms with Crippen molar-refractivity contribution in [2.45, 2.75) is 64.2 Å². The second kappa shape index (κ2) is 8.69. The SMILES string of the molecule is CCCC[C@](C)(CCN[C@@H](C)C(F)(F)F)Nc1nc(N)nc2cccnc12. The molecule has 2 rings (SSSR count). The van der Waals surface area contributed by atoms with Gasteiger partial charge in [-0.05, 0) is 45.4 Å². The predicted molar refractivity (Wildman–Crippen MR) is 101 cm³/mol. The van der Waals surface area contributed by atoms with Gasteiger partial charge in [0.2, 0.25) is 5.95 Å². The number of nitrogens with one attached hydrogen (secondary N) is 2. The summed E-state index contributed by atoms with van der Waals surface area (Å²) >= 11 is 0. The van der Waals surface area contributed by atoms with Gasteiger partial charge in [-0.15, -0.1) is 0 Å². The van der Waals surface area contributed by atoms with Gasteiger partial charge in [-0.1, -0.05) is 19.8 Å². The zero-order valence-corrected chi connectivity index (χ0v) is 15.9. The number of unbranched alkanes of at least 4 members (excludes halogenated alkanes) is 1. The van der Waals surface area contributed by atoms with E-state index in [9.17, 15) is 13.2 Å². The Bertz CT molecular complexity index is 751. The fourth-order valence-corrected chi connectivity index (χ4v) is 2.86. The van der Waals surface area contributed by atoms with Crippen LogP contribution in [0.1, 0.15) is 46.5 Å². The number of hydrogen-bond acceptors (Lipinski definition) is 6. The van der Waals surface area contributed by atoms with E-state index in [2.05, 4.69) is 32.5 Å². The van der Waals surface area contributed by atoms with Gasteiger partial charge >= 0.3 is 6.18 Å². The van der Waals surface area contributed by atoms with Crippen LogP contribution in [0.2, 0.25) is 0 Å². The molecule has 2 atom stereocenters. The van der Waals surface area contributed by atoms with Crippen molar-refractivity contribution >= 4 is 22.8 Å². The topological polar surface area (TPSA) is 88.8 Å². The first-order valence-electron chi connectivity index (χ1n) is 9.11. The van der Waals surface area contributed by atoms with Crippen LogP contribution in [0.3, 0.4) is 0 Å². The molecule has 2 aromatic heterocycles. The average Bonchev–Trinajstić information content (AvgIpc) is 2.59. The number of hydrogen-bond donors (Lipinski definition) is 3. The molecule has 0 spiro atoms. The Morgan fingerprint density at radius 1 is 1.22 bits per heavy atom. The summed E-state index contributed by atoms with van der Waals surface area (Å²) in [5.41, 5.74) is 6.55. The van der Waals surface area contributed by atoms with Gasteiger partial charge in [0.15, 0.2) is 5.82 Å². The maximum absolute atomic E-state index is 12.7. The summed E-state index contributed by atoms with van der Waals surface area (Å²) in [5.74, 6) is 0.625. The van der Waals surface area contributed by atoms with E-state index in [4.69, 9.17) is 5.73 Å². The fourth-order valence-electron chi connectivity index (χ4n) is 2.86. The normalized spacial score (nSPS) is 15.5. The standard InChI is InChI=1S/C18H27F3N6/c1-4-5-8-17(3,9-11-23-12(2)18(19,20)21)27-15-14-13(7-6-10-24-14)25-16(22)26-15/h6-7,10,12,23H,4-5,8-9,11H2,1-3H3,(H3,22,25,26,27)/t12-,17+/m0/s1. The lowest BCUT2D eigenvalue weighted by Gasteiger charge is -2.32. The highest BCUT2D eigenvalue weighted by Gasteiger charge is 2.36. The Kier molecular flexibility index (Phi) is 6.80. The lowest BCUT2D eigenvalue weighted by atomic mass is 9.90. The van der Waals surface area contributed by atoms with E-state index in [1.807, 2.05) is 6.92 Å². The summed E-state index contributed by atoms with van der Waals surface area (Å²) in [6, 6.07) is 2.00. The molecule has 2 aromatic rings. The highest BCUT2D eigenvalue weighted by Crippen LogP contribution is 2.27. The average molecular weight is 384 g/mol. The first kappa shape index (κ1) is 21.1. The van der Waals surface area contributed by atoms with Crippen molar-refractivity contribution in [2.24, 2.45) is 0 Å². The molecular formula is C18H27F3N6. The Labute approximate surface area is 157 Å². The molecule has 150 valence electrons. The molecule has 0 bridgehead atoms. The third-order valence-electron chi connectivity index (χ3n) is 4.59. The third kappa shape index (κ3) is 5.92. The lowest BCUT2D eigenvalue weighted by Crippen LogP contribution is -2.44. The van der Waals surface area contributed by atoms with Crippen LogP contribution in [0.5, 0.6) is 0 Å². The van der Waals surface area contributed by atoms with E-state index in [0.717, 1.165) is 26.2 Å². The van der Waals surface area contributed by atoms with Gasteiger partial charge in [-0.25, -0.2) is 4.98 Å². The minimum absolute atomic E-state index is 0.125. The van der Waals surface area contributed by atoms with E-state index in [0.29, 0.717) is 23.3 Å². The van der Waals surface area contributed by atoms with Gasteiger partial charge in [-0.3, -0.25) is 4.98 Å². The fraction of sp³-hybridized carbons (Fsp3) is 0.611. The van der Waals surface area contributed by atoms with Gasteiger partial charge in [0.05, 0.1) is 5.52 Å². The van der Waals surface area contributed by atoms with Crippen LogP contribution in [0, 0.1) is 0 Å². The van der Waals surface area contributed by atoms with E-state index in [1.165, 1.54) is 0 Å². The molecule has 0 fully saturated rings.